The number of benzene rings is 1. The maximum atomic E-state index is 10.7. The molecule has 1 aromatic carbocycles. The second kappa shape index (κ2) is 3.47. The predicted molar refractivity (Wildman–Crippen MR) is 46.8 cm³/mol. The molecule has 0 radical (unpaired) electrons. The van der Waals surface area contributed by atoms with E-state index in [0.717, 1.165) is 5.56 Å². The Hall–Kier alpha value is -1.51. The molecule has 0 N–H and O–H groups in total. The van der Waals surface area contributed by atoms with Crippen LogP contribution in [0.1, 0.15) is 21.5 Å². The van der Waals surface area contributed by atoms with Crippen LogP contribution < -0.4 is 9.84 Å². The van der Waals surface area contributed by atoms with Crippen molar-refractivity contribution >= 4 is 5.97 Å². The Bertz CT molecular complexity index is 342. The molecule has 0 aliphatic carbocycles. The third kappa shape index (κ3) is 1.80. The molecule has 1 aromatic rings. The lowest BCUT2D eigenvalue weighted by atomic mass is 10.0. The lowest BCUT2D eigenvalue weighted by molar-refractivity contribution is -0.255. The standard InChI is InChI=1S/C10H12O3/c1-6-4-7(2)9(10(11)12)8(5-6)13-3/h4-5H,1-3H3,(H,11,12)/p-1. The molecule has 0 atom stereocenters. The lowest BCUT2D eigenvalue weighted by Gasteiger charge is -2.13. The van der Waals surface area contributed by atoms with Gasteiger partial charge in [0.2, 0.25) is 0 Å². The number of hydrogen-bond donors (Lipinski definition) is 0. The molecule has 0 spiro atoms. The fourth-order valence-corrected chi connectivity index (χ4v) is 1.35. The van der Waals surface area contributed by atoms with Crippen LogP contribution in [0, 0.1) is 13.8 Å². The van der Waals surface area contributed by atoms with E-state index in [1.807, 2.05) is 6.92 Å². The average Bonchev–Trinajstić information content (AvgIpc) is 2.01. The van der Waals surface area contributed by atoms with Crippen molar-refractivity contribution in [3.05, 3.63) is 28.8 Å². The predicted octanol–water partition coefficient (Wildman–Crippen LogP) is 0.676. The van der Waals surface area contributed by atoms with Crippen molar-refractivity contribution in [1.29, 1.82) is 0 Å². The summed E-state index contributed by atoms with van der Waals surface area (Å²) in [4.78, 5) is 10.7. The van der Waals surface area contributed by atoms with Crippen molar-refractivity contribution < 1.29 is 14.6 Å². The maximum Gasteiger partial charge on any atom is 0.128 e. The normalized spacial score (nSPS) is 9.77. The Balaban J connectivity index is 3.38. The van der Waals surface area contributed by atoms with E-state index < -0.39 is 5.97 Å². The number of aromatic carboxylic acids is 1. The minimum Gasteiger partial charge on any atom is -0.545 e. The topological polar surface area (TPSA) is 49.4 Å². The van der Waals surface area contributed by atoms with Crippen molar-refractivity contribution in [2.24, 2.45) is 0 Å². The molecule has 0 unspecified atom stereocenters. The highest BCUT2D eigenvalue weighted by Crippen LogP contribution is 2.23. The Kier molecular flexibility index (Phi) is 2.56. The van der Waals surface area contributed by atoms with Crippen LogP contribution in [-0.4, -0.2) is 13.1 Å². The number of ether oxygens (including phenoxy) is 1. The number of aryl methyl sites for hydroxylation is 2. The first-order valence-electron chi connectivity index (χ1n) is 3.93. The molecular formula is C10H11O3-. The summed E-state index contributed by atoms with van der Waals surface area (Å²) in [5.74, 6) is -0.841. The summed E-state index contributed by atoms with van der Waals surface area (Å²) in [6.45, 7) is 3.61. The molecule has 0 heterocycles. The summed E-state index contributed by atoms with van der Waals surface area (Å²) in [6, 6.07) is 3.46. The number of rotatable bonds is 2. The van der Waals surface area contributed by atoms with E-state index in [2.05, 4.69) is 0 Å². The summed E-state index contributed by atoms with van der Waals surface area (Å²) in [5.41, 5.74) is 1.77. The number of hydrogen-bond acceptors (Lipinski definition) is 3. The Morgan fingerprint density at radius 3 is 2.46 bits per heavy atom. The largest absolute Gasteiger partial charge is 0.545 e. The van der Waals surface area contributed by atoms with E-state index in [0.29, 0.717) is 11.3 Å². The molecule has 70 valence electrons. The van der Waals surface area contributed by atoms with Crippen molar-refractivity contribution in [2.45, 2.75) is 13.8 Å². The Morgan fingerprint density at radius 2 is 2.00 bits per heavy atom. The van der Waals surface area contributed by atoms with Crippen LogP contribution in [-0.2, 0) is 0 Å². The van der Waals surface area contributed by atoms with Crippen LogP contribution in [0.3, 0.4) is 0 Å². The molecule has 0 aromatic heterocycles. The van der Waals surface area contributed by atoms with Crippen LogP contribution >= 0.6 is 0 Å². The van der Waals surface area contributed by atoms with E-state index in [-0.39, 0.29) is 5.56 Å². The second-order valence-corrected chi connectivity index (χ2v) is 2.95. The SMILES string of the molecule is COc1cc(C)cc(C)c1C(=O)[O-]. The van der Waals surface area contributed by atoms with E-state index in [1.54, 1.807) is 19.1 Å². The van der Waals surface area contributed by atoms with Crippen LogP contribution in [0.15, 0.2) is 12.1 Å². The van der Waals surface area contributed by atoms with Gasteiger partial charge in [-0.2, -0.15) is 0 Å². The lowest BCUT2D eigenvalue weighted by Crippen LogP contribution is -2.24. The first-order valence-corrected chi connectivity index (χ1v) is 3.93. The van der Waals surface area contributed by atoms with Crippen LogP contribution in [0.25, 0.3) is 0 Å². The van der Waals surface area contributed by atoms with Crippen LogP contribution in [0.2, 0.25) is 0 Å². The van der Waals surface area contributed by atoms with Gasteiger partial charge in [-0.3, -0.25) is 0 Å². The highest BCUT2D eigenvalue weighted by Gasteiger charge is 2.07. The van der Waals surface area contributed by atoms with E-state index in [1.165, 1.54) is 7.11 Å². The van der Waals surface area contributed by atoms with Crippen molar-refractivity contribution in [3.8, 4) is 5.75 Å². The van der Waals surface area contributed by atoms with Gasteiger partial charge < -0.3 is 14.6 Å². The monoisotopic (exact) mass is 179 g/mol. The number of carboxylic acids is 1. The molecule has 3 nitrogen and oxygen atoms in total. The zero-order chi connectivity index (χ0) is 10.0. The quantitative estimate of drug-likeness (QED) is 0.670. The van der Waals surface area contributed by atoms with Gasteiger partial charge in [-0.25, -0.2) is 0 Å². The van der Waals surface area contributed by atoms with Gasteiger partial charge >= 0.3 is 0 Å². The third-order valence-corrected chi connectivity index (χ3v) is 1.87. The summed E-state index contributed by atoms with van der Waals surface area (Å²) < 4.78 is 4.95. The molecule has 0 aliphatic rings. The molecule has 3 heteroatoms. The minimum atomic E-state index is -1.20. The van der Waals surface area contributed by atoms with Crippen molar-refractivity contribution in [3.63, 3.8) is 0 Å². The number of carbonyl (C=O) groups is 1. The maximum absolute atomic E-state index is 10.7. The average molecular weight is 179 g/mol. The molecule has 0 saturated heterocycles. The fraction of sp³-hybridized carbons (Fsp3) is 0.300. The number of carboxylic acid groups (broad SMARTS) is 1. The number of methoxy groups -OCH3 is 1. The highest BCUT2D eigenvalue weighted by molar-refractivity contribution is 5.91. The van der Waals surface area contributed by atoms with Crippen molar-refractivity contribution in [1.82, 2.24) is 0 Å². The zero-order valence-electron chi connectivity index (χ0n) is 7.88. The third-order valence-electron chi connectivity index (χ3n) is 1.87. The fourth-order valence-electron chi connectivity index (χ4n) is 1.35. The van der Waals surface area contributed by atoms with E-state index in [9.17, 15) is 9.90 Å². The number of carbonyl (C=O) groups excluding carboxylic acids is 1. The van der Waals surface area contributed by atoms with Gasteiger partial charge in [0, 0.05) is 5.56 Å². The van der Waals surface area contributed by atoms with Crippen LogP contribution in [0.5, 0.6) is 5.75 Å². The first-order chi connectivity index (χ1) is 6.06. The smallest absolute Gasteiger partial charge is 0.128 e. The molecule has 1 rings (SSSR count). The minimum absolute atomic E-state index is 0.133. The van der Waals surface area contributed by atoms with Crippen LogP contribution in [0.4, 0.5) is 0 Å². The molecule has 0 aliphatic heterocycles. The van der Waals surface area contributed by atoms with Gasteiger partial charge in [0.25, 0.3) is 0 Å². The highest BCUT2D eigenvalue weighted by atomic mass is 16.5. The zero-order valence-corrected chi connectivity index (χ0v) is 7.88. The molecule has 0 bridgehead atoms. The molecule has 0 fully saturated rings. The van der Waals surface area contributed by atoms with Gasteiger partial charge in [-0.05, 0) is 31.0 Å². The summed E-state index contributed by atoms with van der Waals surface area (Å²) >= 11 is 0. The van der Waals surface area contributed by atoms with Crippen molar-refractivity contribution in [2.75, 3.05) is 7.11 Å². The molecular weight excluding hydrogens is 168 g/mol. The van der Waals surface area contributed by atoms with E-state index in [4.69, 9.17) is 4.74 Å². The molecule has 13 heavy (non-hydrogen) atoms. The Morgan fingerprint density at radius 1 is 1.38 bits per heavy atom. The van der Waals surface area contributed by atoms with Gasteiger partial charge in [0.15, 0.2) is 0 Å². The molecule has 0 saturated carbocycles. The van der Waals surface area contributed by atoms with Gasteiger partial charge in [0.05, 0.1) is 13.1 Å². The van der Waals surface area contributed by atoms with Gasteiger partial charge in [-0.1, -0.05) is 6.07 Å². The second-order valence-electron chi connectivity index (χ2n) is 2.95. The summed E-state index contributed by atoms with van der Waals surface area (Å²) in [5, 5.41) is 10.7. The van der Waals surface area contributed by atoms with E-state index >= 15 is 0 Å². The Labute approximate surface area is 77.0 Å². The van der Waals surface area contributed by atoms with Gasteiger partial charge in [0.1, 0.15) is 5.75 Å². The first kappa shape index (κ1) is 9.58. The summed E-state index contributed by atoms with van der Waals surface area (Å²) in [7, 11) is 1.45. The summed E-state index contributed by atoms with van der Waals surface area (Å²) in [6.07, 6.45) is 0. The molecule has 0 amide bonds. The van der Waals surface area contributed by atoms with Gasteiger partial charge in [-0.15, -0.1) is 0 Å².